The van der Waals surface area contributed by atoms with Crippen molar-refractivity contribution < 1.29 is 9.47 Å². The molecule has 0 bridgehead atoms. The summed E-state index contributed by atoms with van der Waals surface area (Å²) < 4.78 is 11.3. The molecule has 0 aromatic heterocycles. The van der Waals surface area contributed by atoms with Crippen molar-refractivity contribution in [1.29, 1.82) is 0 Å². The van der Waals surface area contributed by atoms with E-state index in [-0.39, 0.29) is 17.6 Å². The average Bonchev–Trinajstić information content (AvgIpc) is 2.68. The molecule has 0 aromatic rings. The molecule has 0 aliphatic carbocycles. The van der Waals surface area contributed by atoms with Gasteiger partial charge in [-0.1, -0.05) is 27.7 Å². The van der Waals surface area contributed by atoms with Gasteiger partial charge in [0.2, 0.25) is 0 Å². The van der Waals surface area contributed by atoms with Gasteiger partial charge in [0.1, 0.15) is 5.76 Å². The third-order valence-corrected chi connectivity index (χ3v) is 2.87. The summed E-state index contributed by atoms with van der Waals surface area (Å²) in [6, 6.07) is 0.164. The maximum Gasteiger partial charge on any atom is 0.112 e. The van der Waals surface area contributed by atoms with Crippen LogP contribution in [0.1, 0.15) is 34.1 Å². The molecule has 2 unspecified atom stereocenters. The Balaban J connectivity index is 2.81. The van der Waals surface area contributed by atoms with E-state index in [1.54, 1.807) is 7.11 Å². The van der Waals surface area contributed by atoms with Crippen molar-refractivity contribution in [2.75, 3.05) is 20.3 Å². The van der Waals surface area contributed by atoms with E-state index in [0.29, 0.717) is 0 Å². The fourth-order valence-electron chi connectivity index (χ4n) is 2.22. The van der Waals surface area contributed by atoms with Crippen molar-refractivity contribution in [2.24, 2.45) is 5.41 Å². The molecule has 0 amide bonds. The molecule has 0 radical (unpaired) electrons. The molecule has 3 heteroatoms. The largest absolute Gasteiger partial charge is 0.496 e. The van der Waals surface area contributed by atoms with E-state index in [4.69, 9.17) is 9.47 Å². The summed E-state index contributed by atoms with van der Waals surface area (Å²) in [5.74, 6) is 1.05. The van der Waals surface area contributed by atoms with Crippen molar-refractivity contribution in [3.8, 4) is 0 Å². The summed E-state index contributed by atoms with van der Waals surface area (Å²) in [5.41, 5.74) is 0.0916. The highest BCUT2D eigenvalue weighted by Gasteiger charge is 2.35. The molecule has 1 heterocycles. The molecule has 0 fully saturated rings. The fourth-order valence-corrected chi connectivity index (χ4v) is 2.22. The lowest BCUT2D eigenvalue weighted by Crippen LogP contribution is -2.48. The molecule has 0 spiro atoms. The third-order valence-electron chi connectivity index (χ3n) is 2.87. The van der Waals surface area contributed by atoms with Crippen LogP contribution in [-0.4, -0.2) is 32.4 Å². The van der Waals surface area contributed by atoms with E-state index in [1.165, 1.54) is 0 Å². The fraction of sp³-hybridized carbons (Fsp3) is 0.846. The van der Waals surface area contributed by atoms with Crippen molar-refractivity contribution in [2.45, 2.75) is 46.3 Å². The number of hydrogen-bond donors (Lipinski definition) is 1. The molecular formula is C13H25NO2. The average molecular weight is 227 g/mol. The highest BCUT2D eigenvalue weighted by molar-refractivity contribution is 5.11. The number of rotatable bonds is 5. The molecule has 1 aliphatic rings. The minimum atomic E-state index is 0.0916. The van der Waals surface area contributed by atoms with Gasteiger partial charge in [0, 0.05) is 13.5 Å². The molecule has 1 aliphatic heterocycles. The lowest BCUT2D eigenvalue weighted by Gasteiger charge is -2.36. The van der Waals surface area contributed by atoms with Gasteiger partial charge in [-0.25, -0.2) is 0 Å². The van der Waals surface area contributed by atoms with E-state index in [1.807, 2.05) is 0 Å². The van der Waals surface area contributed by atoms with Gasteiger partial charge in [0.05, 0.1) is 18.8 Å². The van der Waals surface area contributed by atoms with Crippen LogP contribution in [0.15, 0.2) is 11.8 Å². The van der Waals surface area contributed by atoms with Crippen LogP contribution < -0.4 is 5.32 Å². The SMILES string of the molecule is CCNC(C1=CCCO1)C(OC)C(C)(C)C. The third kappa shape index (κ3) is 3.22. The zero-order valence-electron chi connectivity index (χ0n) is 11.2. The Hall–Kier alpha value is -0.540. The Kier molecular flexibility index (Phi) is 4.81. The molecule has 3 nitrogen and oxygen atoms in total. The van der Waals surface area contributed by atoms with Gasteiger partial charge in [0.15, 0.2) is 0 Å². The van der Waals surface area contributed by atoms with Gasteiger partial charge in [-0.3, -0.25) is 0 Å². The Labute approximate surface area is 99.2 Å². The molecule has 0 saturated heterocycles. The van der Waals surface area contributed by atoms with Gasteiger partial charge in [-0.15, -0.1) is 0 Å². The van der Waals surface area contributed by atoms with Gasteiger partial charge in [-0.2, -0.15) is 0 Å². The van der Waals surface area contributed by atoms with Gasteiger partial charge in [0.25, 0.3) is 0 Å². The summed E-state index contributed by atoms with van der Waals surface area (Å²) in [6.07, 6.45) is 3.31. The second-order valence-corrected chi connectivity index (χ2v) is 5.30. The van der Waals surface area contributed by atoms with E-state index in [9.17, 15) is 0 Å². The van der Waals surface area contributed by atoms with Crippen LogP contribution in [0.3, 0.4) is 0 Å². The Morgan fingerprint density at radius 3 is 2.56 bits per heavy atom. The Morgan fingerprint density at radius 2 is 2.19 bits per heavy atom. The maximum atomic E-state index is 5.66. The number of ether oxygens (including phenoxy) is 2. The molecule has 16 heavy (non-hydrogen) atoms. The van der Waals surface area contributed by atoms with Crippen LogP contribution in [-0.2, 0) is 9.47 Å². The zero-order valence-corrected chi connectivity index (χ0v) is 11.2. The van der Waals surface area contributed by atoms with Gasteiger partial charge >= 0.3 is 0 Å². The van der Waals surface area contributed by atoms with Crippen molar-refractivity contribution in [1.82, 2.24) is 5.32 Å². The summed E-state index contributed by atoms with van der Waals surface area (Å²) in [5, 5.41) is 3.46. The standard InChI is InChI=1S/C13H25NO2/c1-6-14-11(10-8-7-9-16-10)12(15-5)13(2,3)4/h8,11-12,14H,6-7,9H2,1-5H3. The first kappa shape index (κ1) is 13.5. The Bertz CT molecular complexity index is 243. The molecule has 1 rings (SSSR count). The summed E-state index contributed by atoms with van der Waals surface area (Å²) in [4.78, 5) is 0. The van der Waals surface area contributed by atoms with Crippen LogP contribution in [0.2, 0.25) is 0 Å². The van der Waals surface area contributed by atoms with E-state index in [2.05, 4.69) is 39.1 Å². The molecule has 1 N–H and O–H groups in total. The van der Waals surface area contributed by atoms with Crippen molar-refractivity contribution in [3.63, 3.8) is 0 Å². The smallest absolute Gasteiger partial charge is 0.112 e. The second kappa shape index (κ2) is 5.69. The van der Waals surface area contributed by atoms with Crippen LogP contribution in [0, 0.1) is 5.41 Å². The molecular weight excluding hydrogens is 202 g/mol. The quantitative estimate of drug-likeness (QED) is 0.782. The van der Waals surface area contributed by atoms with Crippen molar-refractivity contribution >= 4 is 0 Å². The summed E-state index contributed by atoms with van der Waals surface area (Å²) in [6.45, 7) is 10.4. The number of methoxy groups -OCH3 is 1. The maximum absolute atomic E-state index is 5.66. The van der Waals surface area contributed by atoms with Crippen LogP contribution in [0.25, 0.3) is 0 Å². The second-order valence-electron chi connectivity index (χ2n) is 5.30. The number of nitrogens with one attached hydrogen (secondary N) is 1. The monoisotopic (exact) mass is 227 g/mol. The minimum absolute atomic E-state index is 0.0916. The van der Waals surface area contributed by atoms with Gasteiger partial charge in [-0.05, 0) is 18.0 Å². The van der Waals surface area contributed by atoms with Crippen LogP contribution >= 0.6 is 0 Å². The highest BCUT2D eigenvalue weighted by Crippen LogP contribution is 2.29. The number of hydrogen-bond acceptors (Lipinski definition) is 3. The summed E-state index contributed by atoms with van der Waals surface area (Å²) in [7, 11) is 1.77. The predicted molar refractivity (Wildman–Crippen MR) is 66.4 cm³/mol. The lowest BCUT2D eigenvalue weighted by molar-refractivity contribution is -0.0140. The topological polar surface area (TPSA) is 30.5 Å². The first-order valence-corrected chi connectivity index (χ1v) is 6.09. The van der Waals surface area contributed by atoms with E-state index in [0.717, 1.165) is 25.3 Å². The molecule has 2 atom stereocenters. The van der Waals surface area contributed by atoms with Crippen LogP contribution in [0.5, 0.6) is 0 Å². The Morgan fingerprint density at radius 1 is 1.50 bits per heavy atom. The molecule has 0 saturated carbocycles. The lowest BCUT2D eigenvalue weighted by atomic mass is 9.83. The minimum Gasteiger partial charge on any atom is -0.496 e. The van der Waals surface area contributed by atoms with Crippen molar-refractivity contribution in [3.05, 3.63) is 11.8 Å². The first-order valence-electron chi connectivity index (χ1n) is 6.09. The van der Waals surface area contributed by atoms with Gasteiger partial charge < -0.3 is 14.8 Å². The highest BCUT2D eigenvalue weighted by atomic mass is 16.5. The first-order chi connectivity index (χ1) is 7.50. The zero-order chi connectivity index (χ0) is 12.2. The van der Waals surface area contributed by atoms with E-state index < -0.39 is 0 Å². The molecule has 94 valence electrons. The molecule has 0 aromatic carbocycles. The predicted octanol–water partition coefficient (Wildman–Crippen LogP) is 2.33. The normalized spacial score (nSPS) is 20.2. The van der Waals surface area contributed by atoms with E-state index >= 15 is 0 Å². The summed E-state index contributed by atoms with van der Waals surface area (Å²) >= 11 is 0. The number of likely N-dealkylation sites (N-methyl/N-ethyl adjacent to an activating group) is 1. The van der Waals surface area contributed by atoms with Crippen LogP contribution in [0.4, 0.5) is 0 Å².